The Morgan fingerprint density at radius 3 is 2.40 bits per heavy atom. The minimum atomic E-state index is -4.64. The first kappa shape index (κ1) is 32.5. The van der Waals surface area contributed by atoms with Gasteiger partial charge in [-0.1, -0.05) is 44.5 Å². The van der Waals surface area contributed by atoms with Gasteiger partial charge in [-0.05, 0) is 111 Å². The molecule has 232 valence electrons. The molecule has 1 atom stereocenters. The molecule has 1 heterocycles. The highest BCUT2D eigenvalue weighted by Gasteiger charge is 2.32. The highest BCUT2D eigenvalue weighted by molar-refractivity contribution is 5.92. The zero-order chi connectivity index (χ0) is 31.0. The number of benzene rings is 3. The lowest BCUT2D eigenvalue weighted by Gasteiger charge is -2.32. The van der Waals surface area contributed by atoms with Crippen LogP contribution in [0.4, 0.5) is 27.6 Å². The molecule has 4 rings (SSSR count). The van der Waals surface area contributed by atoms with Crippen molar-refractivity contribution in [1.29, 1.82) is 0 Å². The van der Waals surface area contributed by atoms with E-state index in [0.29, 0.717) is 36.5 Å². The van der Waals surface area contributed by atoms with Gasteiger partial charge in [-0.3, -0.25) is 4.79 Å². The normalized spacial score (nSPS) is 15.4. The van der Waals surface area contributed by atoms with E-state index in [9.17, 15) is 26.7 Å². The van der Waals surface area contributed by atoms with Gasteiger partial charge in [0.15, 0.2) is 11.6 Å². The maximum atomic E-state index is 14.4. The number of alkyl halides is 3. The van der Waals surface area contributed by atoms with E-state index in [0.717, 1.165) is 57.1 Å². The number of hydrogen-bond acceptors (Lipinski definition) is 3. The first-order chi connectivity index (χ1) is 20.5. The molecule has 1 N–H and O–H groups in total. The maximum absolute atomic E-state index is 14.4. The summed E-state index contributed by atoms with van der Waals surface area (Å²) in [5.74, 6) is -1.53. The van der Waals surface area contributed by atoms with Crippen molar-refractivity contribution in [2.24, 2.45) is 5.92 Å². The number of carbonyl (C=O) groups excluding carboxylic acids is 1. The Morgan fingerprint density at radius 2 is 1.70 bits per heavy atom. The van der Waals surface area contributed by atoms with Crippen LogP contribution in [0.3, 0.4) is 0 Å². The van der Waals surface area contributed by atoms with Gasteiger partial charge in [0.25, 0.3) is 0 Å². The van der Waals surface area contributed by atoms with Gasteiger partial charge in [-0.25, -0.2) is 8.78 Å². The molecule has 1 fully saturated rings. The zero-order valence-corrected chi connectivity index (χ0v) is 24.6. The number of carbonyl (C=O) groups is 1. The van der Waals surface area contributed by atoms with Gasteiger partial charge in [0.05, 0.1) is 5.56 Å². The van der Waals surface area contributed by atoms with Crippen molar-refractivity contribution in [2.45, 2.75) is 70.6 Å². The van der Waals surface area contributed by atoms with Crippen molar-refractivity contribution < 1.29 is 31.5 Å². The van der Waals surface area contributed by atoms with E-state index in [2.05, 4.69) is 22.3 Å². The third kappa shape index (κ3) is 9.51. The number of halogens is 5. The molecule has 0 spiro atoms. The molecule has 1 aliphatic rings. The number of unbranched alkanes of at least 4 members (excludes halogenated alkanes) is 2. The first-order valence-corrected chi connectivity index (χ1v) is 14.9. The van der Waals surface area contributed by atoms with Gasteiger partial charge >= 0.3 is 6.18 Å². The summed E-state index contributed by atoms with van der Waals surface area (Å²) < 4.78 is 73.7. The molecule has 0 radical (unpaired) electrons. The number of anilines is 1. The summed E-state index contributed by atoms with van der Waals surface area (Å²) in [7, 11) is 0. The van der Waals surface area contributed by atoms with Crippen molar-refractivity contribution in [1.82, 2.24) is 4.90 Å². The maximum Gasteiger partial charge on any atom is 0.416 e. The summed E-state index contributed by atoms with van der Waals surface area (Å²) in [4.78, 5) is 14.5. The number of piperidine rings is 1. The number of hydrogen-bond donors (Lipinski definition) is 1. The van der Waals surface area contributed by atoms with Crippen LogP contribution in [0.1, 0.15) is 81.1 Å². The molecule has 1 saturated heterocycles. The molecule has 3 aromatic carbocycles. The number of amides is 1. The number of rotatable bonds is 12. The van der Waals surface area contributed by atoms with Crippen LogP contribution < -0.4 is 10.1 Å². The lowest BCUT2D eigenvalue weighted by molar-refractivity contribution is -0.137. The molecular weight excluding hydrogens is 563 g/mol. The Kier molecular flexibility index (Phi) is 11.2. The predicted molar refractivity (Wildman–Crippen MR) is 158 cm³/mol. The van der Waals surface area contributed by atoms with Crippen molar-refractivity contribution >= 4 is 11.6 Å². The summed E-state index contributed by atoms with van der Waals surface area (Å²) in [5.41, 5.74) is 1.51. The van der Waals surface area contributed by atoms with Crippen molar-refractivity contribution in [3.8, 4) is 5.75 Å². The van der Waals surface area contributed by atoms with Gasteiger partial charge in [0.2, 0.25) is 5.91 Å². The largest absolute Gasteiger partial charge is 0.483 e. The van der Waals surface area contributed by atoms with E-state index in [1.165, 1.54) is 23.8 Å². The molecule has 9 heteroatoms. The SMILES string of the molecule is CC(C)C(=O)Nc1cccc(C2CCN(CCCCCC(Oc3cc(C(F)(F)F)ccc3F)c3cccc(F)c3)CC2)c1. The van der Waals surface area contributed by atoms with Gasteiger partial charge in [-0.15, -0.1) is 0 Å². The van der Waals surface area contributed by atoms with Crippen LogP contribution in [0.5, 0.6) is 5.75 Å². The van der Waals surface area contributed by atoms with Crippen molar-refractivity contribution in [3.05, 3.63) is 95.1 Å². The van der Waals surface area contributed by atoms with Crippen LogP contribution in [-0.2, 0) is 11.0 Å². The molecule has 0 aliphatic carbocycles. The highest BCUT2D eigenvalue weighted by atomic mass is 19.4. The third-order valence-electron chi connectivity index (χ3n) is 7.93. The lowest BCUT2D eigenvalue weighted by Crippen LogP contribution is -2.33. The summed E-state index contributed by atoms with van der Waals surface area (Å²) >= 11 is 0. The Balaban J connectivity index is 1.26. The molecule has 0 saturated carbocycles. The van der Waals surface area contributed by atoms with E-state index in [1.54, 1.807) is 6.07 Å². The monoisotopic (exact) mass is 602 g/mol. The summed E-state index contributed by atoms with van der Waals surface area (Å²) in [6.45, 7) is 6.60. The molecule has 3 aromatic rings. The number of likely N-dealkylation sites (tertiary alicyclic amines) is 1. The zero-order valence-electron chi connectivity index (χ0n) is 24.6. The first-order valence-electron chi connectivity index (χ1n) is 14.9. The van der Waals surface area contributed by atoms with Crippen LogP contribution in [0.15, 0.2) is 66.7 Å². The topological polar surface area (TPSA) is 41.6 Å². The summed E-state index contributed by atoms with van der Waals surface area (Å²) in [5, 5.41) is 2.97. The Bertz CT molecular complexity index is 1350. The standard InChI is InChI=1S/C34H39F5N2O2/c1-23(2)33(42)40-29-11-7-8-25(21-29)24-15-18-41(19-16-24)17-5-3-4-12-31(26-9-6-10-28(35)20-26)43-32-22-27(34(37,38)39)13-14-30(32)36/h6-11,13-14,20-24,31H,3-5,12,15-19H2,1-2H3,(H,40,42). The van der Waals surface area contributed by atoms with Crippen molar-refractivity contribution in [3.63, 3.8) is 0 Å². The molecule has 43 heavy (non-hydrogen) atoms. The number of ether oxygens (including phenoxy) is 1. The van der Waals surface area contributed by atoms with Crippen LogP contribution in [0.25, 0.3) is 0 Å². The van der Waals surface area contributed by atoms with Gasteiger partial charge in [-0.2, -0.15) is 13.2 Å². The summed E-state index contributed by atoms with van der Waals surface area (Å²) in [6, 6.07) is 15.9. The molecule has 1 aliphatic heterocycles. The highest BCUT2D eigenvalue weighted by Crippen LogP contribution is 2.35. The van der Waals surface area contributed by atoms with Gasteiger partial charge < -0.3 is 15.0 Å². The van der Waals surface area contributed by atoms with Crippen molar-refractivity contribution in [2.75, 3.05) is 25.0 Å². The second kappa shape index (κ2) is 14.8. The molecule has 1 unspecified atom stereocenters. The fourth-order valence-electron chi connectivity index (χ4n) is 5.41. The Labute approximate surface area is 250 Å². The number of nitrogens with one attached hydrogen (secondary N) is 1. The average molecular weight is 603 g/mol. The van der Waals surface area contributed by atoms with E-state index in [4.69, 9.17) is 4.74 Å². The van der Waals surface area contributed by atoms with E-state index >= 15 is 0 Å². The van der Waals surface area contributed by atoms with Gasteiger partial charge in [0.1, 0.15) is 11.9 Å². The fraction of sp³-hybridized carbons (Fsp3) is 0.441. The van der Waals surface area contributed by atoms with Crippen LogP contribution in [0.2, 0.25) is 0 Å². The Hall–Kier alpha value is -3.46. The van der Waals surface area contributed by atoms with E-state index in [1.807, 2.05) is 26.0 Å². The minimum absolute atomic E-state index is 0.00334. The van der Waals surface area contributed by atoms with E-state index in [-0.39, 0.29) is 11.8 Å². The lowest BCUT2D eigenvalue weighted by atomic mass is 9.89. The molecule has 4 nitrogen and oxygen atoms in total. The second-order valence-corrected chi connectivity index (χ2v) is 11.5. The molecule has 1 amide bonds. The average Bonchev–Trinajstić information content (AvgIpc) is 2.97. The number of nitrogens with zero attached hydrogens (tertiary/aromatic N) is 1. The predicted octanol–water partition coefficient (Wildman–Crippen LogP) is 9.14. The quantitative estimate of drug-likeness (QED) is 0.166. The van der Waals surface area contributed by atoms with E-state index < -0.39 is 35.2 Å². The van der Waals surface area contributed by atoms with Gasteiger partial charge in [0, 0.05) is 11.6 Å². The minimum Gasteiger partial charge on any atom is -0.483 e. The second-order valence-electron chi connectivity index (χ2n) is 11.5. The third-order valence-corrected chi connectivity index (χ3v) is 7.93. The molecule has 0 aromatic heterocycles. The molecule has 0 bridgehead atoms. The van der Waals surface area contributed by atoms with Crippen LogP contribution in [0, 0.1) is 17.6 Å². The molecular formula is C34H39F5N2O2. The van der Waals surface area contributed by atoms with Crippen LogP contribution >= 0.6 is 0 Å². The van der Waals surface area contributed by atoms with Crippen LogP contribution in [-0.4, -0.2) is 30.4 Å². The Morgan fingerprint density at radius 1 is 0.953 bits per heavy atom. The summed E-state index contributed by atoms with van der Waals surface area (Å²) in [6.07, 6.45) is -0.501. The fourth-order valence-corrected chi connectivity index (χ4v) is 5.41. The smallest absolute Gasteiger partial charge is 0.416 e.